The third kappa shape index (κ3) is 2.71. The first-order valence-electron chi connectivity index (χ1n) is 9.66. The van der Waals surface area contributed by atoms with Gasteiger partial charge in [0, 0.05) is 16.3 Å². The van der Waals surface area contributed by atoms with Crippen LogP contribution in [-0.4, -0.2) is 12.7 Å². The maximum Gasteiger partial charge on any atom is 0.569 e. The molecule has 5 aromatic rings. The number of furan rings is 1. The topological polar surface area (TPSA) is 42.6 Å². The molecule has 0 aliphatic heterocycles. The molecule has 0 spiro atoms. The lowest BCUT2D eigenvalue weighted by molar-refractivity contribution is 0.451. The quantitative estimate of drug-likeness (QED) is 0.378. The lowest BCUT2D eigenvalue weighted by atomic mass is 9.92. The summed E-state index contributed by atoms with van der Waals surface area (Å²) in [5.74, 6) is 0.501. The fourth-order valence-corrected chi connectivity index (χ4v) is 4.56. The van der Waals surface area contributed by atoms with Crippen LogP contribution in [0, 0.1) is 20.8 Å². The van der Waals surface area contributed by atoms with Gasteiger partial charge in [0.15, 0.2) is 5.58 Å². The summed E-state index contributed by atoms with van der Waals surface area (Å²) < 4.78 is 11.8. The molecule has 141 valence electrons. The summed E-state index contributed by atoms with van der Waals surface area (Å²) in [6, 6.07) is 20.7. The van der Waals surface area contributed by atoms with E-state index in [1.165, 1.54) is 22.3 Å². The summed E-state index contributed by atoms with van der Waals surface area (Å²) in [5.41, 5.74) is 7.43. The van der Waals surface area contributed by atoms with Crippen molar-refractivity contribution in [3.63, 3.8) is 0 Å². The highest BCUT2D eigenvalue weighted by atomic mass is 16.5. The van der Waals surface area contributed by atoms with Gasteiger partial charge in [-0.2, -0.15) is 0 Å². The molecule has 1 N–H and O–H groups in total. The number of aryl methyl sites for hydroxylation is 3. The lowest BCUT2D eigenvalue weighted by Gasteiger charge is -2.12. The normalized spacial score (nSPS) is 11.4. The van der Waals surface area contributed by atoms with Crippen molar-refractivity contribution in [2.45, 2.75) is 20.8 Å². The molecule has 0 atom stereocenters. The second kappa shape index (κ2) is 6.68. The predicted octanol–water partition coefficient (Wildman–Crippen LogP) is 6.24. The minimum Gasteiger partial charge on any atom is -0.535 e. The monoisotopic (exact) mass is 379 g/mol. The number of benzene rings is 4. The minimum atomic E-state index is 0.501. The second-order valence-corrected chi connectivity index (χ2v) is 7.58. The van der Waals surface area contributed by atoms with E-state index in [0.29, 0.717) is 19.0 Å². The first kappa shape index (κ1) is 17.8. The molecule has 0 aliphatic carbocycles. The molecule has 4 aromatic carbocycles. The van der Waals surface area contributed by atoms with Crippen molar-refractivity contribution >= 4 is 40.4 Å². The molecule has 0 aliphatic rings. The number of para-hydroxylation sites is 1. The third-order valence-corrected chi connectivity index (χ3v) is 5.58. The lowest BCUT2D eigenvalue weighted by Crippen LogP contribution is -1.99. The Labute approximate surface area is 169 Å². The Hall–Kier alpha value is -3.24. The summed E-state index contributed by atoms with van der Waals surface area (Å²) in [7, 11) is 0.700. The number of hydrogen-bond donors (Lipinski definition) is 1. The van der Waals surface area contributed by atoms with Crippen LogP contribution in [0.2, 0.25) is 0 Å². The molecule has 1 radical (unpaired) electrons. The Morgan fingerprint density at radius 3 is 2.31 bits per heavy atom. The van der Waals surface area contributed by atoms with Crippen LogP contribution in [-0.2, 0) is 0 Å². The first-order chi connectivity index (χ1) is 14.1. The molecule has 29 heavy (non-hydrogen) atoms. The van der Waals surface area contributed by atoms with Crippen molar-refractivity contribution in [1.82, 2.24) is 0 Å². The molecule has 1 aromatic heterocycles. The highest BCUT2D eigenvalue weighted by Crippen LogP contribution is 2.44. The predicted molar refractivity (Wildman–Crippen MR) is 119 cm³/mol. The zero-order valence-corrected chi connectivity index (χ0v) is 16.6. The maximum absolute atomic E-state index is 9.27. The van der Waals surface area contributed by atoms with Gasteiger partial charge in [0.2, 0.25) is 0 Å². The average molecular weight is 379 g/mol. The van der Waals surface area contributed by atoms with E-state index >= 15 is 0 Å². The Bertz CT molecular complexity index is 1380. The van der Waals surface area contributed by atoms with E-state index in [0.717, 1.165) is 32.7 Å². The van der Waals surface area contributed by atoms with Crippen LogP contribution >= 0.6 is 0 Å². The summed E-state index contributed by atoms with van der Waals surface area (Å²) >= 11 is 0. The molecule has 4 heteroatoms. The standard InChI is InChI=1S/C25H20BO3/c1-14-11-15(2)22(16(3)12-14)19-9-6-10-20-23-18-8-5-4-7-17(18)13-21(29-26-27)25(23)28-24(19)20/h4-13,27H,1-3H3. The molecule has 1 heterocycles. The minimum absolute atomic E-state index is 0.501. The van der Waals surface area contributed by atoms with Gasteiger partial charge < -0.3 is 14.1 Å². The van der Waals surface area contributed by atoms with Crippen LogP contribution in [0.5, 0.6) is 5.75 Å². The van der Waals surface area contributed by atoms with E-state index in [2.05, 4.69) is 57.2 Å². The van der Waals surface area contributed by atoms with Crippen LogP contribution < -0.4 is 4.65 Å². The van der Waals surface area contributed by atoms with Crippen molar-refractivity contribution < 1.29 is 14.1 Å². The SMILES string of the molecule is Cc1cc(C)c(-c2cccc3c2oc2c(O[B]O)cc4ccccc4c23)c(C)c1. The van der Waals surface area contributed by atoms with Gasteiger partial charge in [-0.1, -0.05) is 60.2 Å². The number of hydrogen-bond acceptors (Lipinski definition) is 3. The van der Waals surface area contributed by atoms with Crippen molar-refractivity contribution in [2.24, 2.45) is 0 Å². The van der Waals surface area contributed by atoms with E-state index in [4.69, 9.17) is 9.07 Å². The second-order valence-electron chi connectivity index (χ2n) is 7.58. The fraction of sp³-hybridized carbons (Fsp3) is 0.120. The smallest absolute Gasteiger partial charge is 0.535 e. The summed E-state index contributed by atoms with van der Waals surface area (Å²) in [6.07, 6.45) is 0. The third-order valence-electron chi connectivity index (χ3n) is 5.58. The van der Waals surface area contributed by atoms with Crippen LogP contribution in [0.1, 0.15) is 16.7 Å². The maximum atomic E-state index is 9.27. The highest BCUT2D eigenvalue weighted by Gasteiger charge is 2.19. The summed E-state index contributed by atoms with van der Waals surface area (Å²) in [5, 5.41) is 13.4. The van der Waals surface area contributed by atoms with Gasteiger partial charge in [0.1, 0.15) is 11.3 Å². The molecule has 0 bridgehead atoms. The molecular formula is C25H20BO3. The molecule has 0 unspecified atom stereocenters. The Morgan fingerprint density at radius 1 is 0.828 bits per heavy atom. The molecule has 3 nitrogen and oxygen atoms in total. The number of rotatable bonds is 3. The molecule has 0 saturated heterocycles. The fourth-order valence-electron chi connectivity index (χ4n) is 4.56. The molecule has 0 saturated carbocycles. The first-order valence-corrected chi connectivity index (χ1v) is 9.66. The van der Waals surface area contributed by atoms with Gasteiger partial charge >= 0.3 is 7.69 Å². The van der Waals surface area contributed by atoms with Crippen molar-refractivity contribution in [3.8, 4) is 16.9 Å². The van der Waals surface area contributed by atoms with Crippen molar-refractivity contribution in [2.75, 3.05) is 0 Å². The van der Waals surface area contributed by atoms with E-state index in [1.54, 1.807) is 0 Å². The largest absolute Gasteiger partial charge is 0.569 e. The summed E-state index contributed by atoms with van der Waals surface area (Å²) in [6.45, 7) is 6.40. The van der Waals surface area contributed by atoms with Crippen LogP contribution in [0.25, 0.3) is 43.8 Å². The van der Waals surface area contributed by atoms with E-state index < -0.39 is 0 Å². The van der Waals surface area contributed by atoms with Gasteiger partial charge in [0.25, 0.3) is 0 Å². The van der Waals surface area contributed by atoms with E-state index in [9.17, 15) is 5.02 Å². The molecule has 5 rings (SSSR count). The van der Waals surface area contributed by atoms with Crippen LogP contribution in [0.4, 0.5) is 0 Å². The van der Waals surface area contributed by atoms with Gasteiger partial charge in [-0.3, -0.25) is 0 Å². The Kier molecular flexibility index (Phi) is 4.11. The van der Waals surface area contributed by atoms with Crippen molar-refractivity contribution in [1.29, 1.82) is 0 Å². The van der Waals surface area contributed by atoms with Gasteiger partial charge in [-0.15, -0.1) is 0 Å². The number of fused-ring (bicyclic) bond motifs is 5. The molecule has 0 fully saturated rings. The van der Waals surface area contributed by atoms with E-state index in [-0.39, 0.29) is 0 Å². The van der Waals surface area contributed by atoms with Gasteiger partial charge in [-0.05, 0) is 54.3 Å². The zero-order valence-electron chi connectivity index (χ0n) is 16.6. The zero-order chi connectivity index (χ0) is 20.1. The average Bonchev–Trinajstić information content (AvgIpc) is 3.09. The Morgan fingerprint density at radius 2 is 1.55 bits per heavy atom. The van der Waals surface area contributed by atoms with Crippen molar-refractivity contribution in [3.05, 3.63) is 77.4 Å². The van der Waals surface area contributed by atoms with Crippen LogP contribution in [0.3, 0.4) is 0 Å². The Balaban J connectivity index is 1.94. The highest BCUT2D eigenvalue weighted by molar-refractivity contribution is 6.24. The molecular weight excluding hydrogens is 359 g/mol. The van der Waals surface area contributed by atoms with E-state index in [1.807, 2.05) is 24.3 Å². The van der Waals surface area contributed by atoms with Gasteiger partial charge in [0.05, 0.1) is 0 Å². The summed E-state index contributed by atoms with van der Waals surface area (Å²) in [4.78, 5) is 0. The van der Waals surface area contributed by atoms with Gasteiger partial charge in [-0.25, -0.2) is 0 Å². The molecule has 0 amide bonds. The van der Waals surface area contributed by atoms with Crippen LogP contribution in [0.15, 0.2) is 65.1 Å².